The van der Waals surface area contributed by atoms with E-state index in [9.17, 15) is 0 Å². The zero-order chi connectivity index (χ0) is 25.3. The van der Waals surface area contributed by atoms with Gasteiger partial charge in [0.25, 0.3) is 0 Å². The van der Waals surface area contributed by atoms with Gasteiger partial charge in [-0.05, 0) is 132 Å². The summed E-state index contributed by atoms with van der Waals surface area (Å²) in [5, 5.41) is 15.4. The Hall–Kier alpha value is -0.160. The van der Waals surface area contributed by atoms with Crippen molar-refractivity contribution in [3.8, 4) is 0 Å². The van der Waals surface area contributed by atoms with Crippen LogP contribution in [0.1, 0.15) is 130 Å². The first-order valence-corrected chi connectivity index (χ1v) is 16.4. The summed E-state index contributed by atoms with van der Waals surface area (Å²) in [7, 11) is 0. The summed E-state index contributed by atoms with van der Waals surface area (Å²) < 4.78 is 0. The van der Waals surface area contributed by atoms with Gasteiger partial charge in [-0.2, -0.15) is 0 Å². The number of hydrogen-bond donors (Lipinski definition) is 4. The average molecular weight is 503 g/mol. The summed E-state index contributed by atoms with van der Waals surface area (Å²) >= 11 is 0. The Kier molecular flexibility index (Phi) is 11.9. The van der Waals surface area contributed by atoms with Crippen LogP contribution in [-0.2, 0) is 0 Å². The van der Waals surface area contributed by atoms with E-state index in [2.05, 4.69) is 49.0 Å². The van der Waals surface area contributed by atoms with Crippen LogP contribution in [0.5, 0.6) is 0 Å². The minimum atomic E-state index is 0.731. The van der Waals surface area contributed by atoms with Gasteiger partial charge < -0.3 is 21.3 Å². The molecule has 0 aromatic heterocycles. The molecule has 0 aromatic carbocycles. The number of hydrogen-bond acceptors (Lipinski definition) is 4. The highest BCUT2D eigenvalue weighted by atomic mass is 15.1. The van der Waals surface area contributed by atoms with Gasteiger partial charge in [0.05, 0.1) is 0 Å². The Morgan fingerprint density at radius 2 is 0.972 bits per heavy atom. The molecule has 36 heavy (non-hydrogen) atoms. The Morgan fingerprint density at radius 1 is 0.500 bits per heavy atom. The zero-order valence-electron chi connectivity index (χ0n) is 24.5. The Bertz CT molecular complexity index is 595. The van der Waals surface area contributed by atoms with Crippen LogP contribution in [0.25, 0.3) is 0 Å². The van der Waals surface area contributed by atoms with Crippen molar-refractivity contribution in [2.24, 2.45) is 35.5 Å². The summed E-state index contributed by atoms with van der Waals surface area (Å²) in [4.78, 5) is 0. The normalized spacial score (nSPS) is 42.3. The molecule has 0 aromatic rings. The smallest absolute Gasteiger partial charge is 0.0458 e. The number of rotatable bonds is 11. The third-order valence-corrected chi connectivity index (χ3v) is 11.2. The molecule has 0 radical (unpaired) electrons. The molecule has 4 aliphatic carbocycles. The molecule has 6 atom stereocenters. The van der Waals surface area contributed by atoms with E-state index in [-0.39, 0.29) is 0 Å². The maximum absolute atomic E-state index is 3.87. The van der Waals surface area contributed by atoms with Crippen LogP contribution in [0, 0.1) is 35.5 Å². The van der Waals surface area contributed by atoms with E-state index in [1.165, 1.54) is 103 Å². The molecule has 4 nitrogen and oxygen atoms in total. The van der Waals surface area contributed by atoms with Crippen LogP contribution in [0.3, 0.4) is 0 Å². The Balaban J connectivity index is 1.02. The second kappa shape index (κ2) is 14.8. The third kappa shape index (κ3) is 8.95. The van der Waals surface area contributed by atoms with E-state index in [0.29, 0.717) is 0 Å². The lowest BCUT2D eigenvalue weighted by Crippen LogP contribution is -2.47. The molecule has 4 aliphatic rings. The van der Waals surface area contributed by atoms with Gasteiger partial charge in [-0.15, -0.1) is 0 Å². The monoisotopic (exact) mass is 502 g/mol. The molecule has 0 bridgehead atoms. The van der Waals surface area contributed by atoms with E-state index < -0.39 is 0 Å². The second-order valence-electron chi connectivity index (χ2n) is 14.0. The van der Waals surface area contributed by atoms with Crippen molar-refractivity contribution in [2.45, 2.75) is 155 Å². The molecule has 4 fully saturated rings. The summed E-state index contributed by atoms with van der Waals surface area (Å²) in [6.45, 7) is 11.7. The van der Waals surface area contributed by atoms with E-state index >= 15 is 0 Å². The van der Waals surface area contributed by atoms with Gasteiger partial charge in [0.1, 0.15) is 0 Å². The van der Waals surface area contributed by atoms with E-state index in [4.69, 9.17) is 0 Å². The van der Waals surface area contributed by atoms with Crippen molar-refractivity contribution in [1.82, 2.24) is 21.3 Å². The van der Waals surface area contributed by atoms with Gasteiger partial charge in [-0.25, -0.2) is 0 Å². The van der Waals surface area contributed by atoms with Gasteiger partial charge in [0.15, 0.2) is 0 Å². The molecule has 4 rings (SSSR count). The fraction of sp³-hybridized carbons (Fsp3) is 1.00. The van der Waals surface area contributed by atoms with Crippen LogP contribution in [-0.4, -0.2) is 37.5 Å². The van der Waals surface area contributed by atoms with Crippen LogP contribution < -0.4 is 21.3 Å². The van der Waals surface area contributed by atoms with Gasteiger partial charge in [-0.3, -0.25) is 0 Å². The predicted molar refractivity (Wildman–Crippen MR) is 155 cm³/mol. The summed E-state index contributed by atoms with van der Waals surface area (Å²) in [6.07, 6.45) is 22.7. The van der Waals surface area contributed by atoms with Crippen molar-refractivity contribution in [3.63, 3.8) is 0 Å². The lowest BCUT2D eigenvalue weighted by molar-refractivity contribution is 0.189. The quantitative estimate of drug-likeness (QED) is 0.234. The summed E-state index contributed by atoms with van der Waals surface area (Å²) in [5.41, 5.74) is 0. The molecule has 0 saturated heterocycles. The Labute approximate surface area is 224 Å². The zero-order valence-corrected chi connectivity index (χ0v) is 24.5. The van der Waals surface area contributed by atoms with Gasteiger partial charge in [-0.1, -0.05) is 34.1 Å². The fourth-order valence-electron chi connectivity index (χ4n) is 8.50. The molecule has 0 spiro atoms. The van der Waals surface area contributed by atoms with Gasteiger partial charge in [0.2, 0.25) is 0 Å². The molecular formula is C32H62N4. The van der Waals surface area contributed by atoms with Crippen molar-refractivity contribution in [2.75, 3.05) is 13.3 Å². The lowest BCUT2D eigenvalue weighted by Gasteiger charge is -2.37. The first kappa shape index (κ1) is 28.8. The highest BCUT2D eigenvalue weighted by molar-refractivity contribution is 4.85. The molecule has 4 saturated carbocycles. The van der Waals surface area contributed by atoms with Crippen molar-refractivity contribution in [3.05, 3.63) is 0 Å². The van der Waals surface area contributed by atoms with Crippen molar-refractivity contribution in [1.29, 1.82) is 0 Å². The average Bonchev–Trinajstić information content (AvgIpc) is 2.88. The van der Waals surface area contributed by atoms with Crippen LogP contribution in [0.4, 0.5) is 0 Å². The largest absolute Gasteiger partial charge is 0.302 e. The highest BCUT2D eigenvalue weighted by Crippen LogP contribution is 2.36. The third-order valence-electron chi connectivity index (χ3n) is 11.2. The highest BCUT2D eigenvalue weighted by Gasteiger charge is 2.29. The van der Waals surface area contributed by atoms with E-state index in [0.717, 1.165) is 73.0 Å². The maximum Gasteiger partial charge on any atom is 0.0458 e. The van der Waals surface area contributed by atoms with Crippen LogP contribution in [0.2, 0.25) is 0 Å². The molecule has 0 aliphatic heterocycles. The van der Waals surface area contributed by atoms with Crippen LogP contribution in [0.15, 0.2) is 0 Å². The molecule has 0 amide bonds. The SMILES string of the molecule is CCC1CCC(NCNC2CCC(CC3CCC(NCNC4CCC(C)CC4C)CC3)CC2)C(C)C1. The van der Waals surface area contributed by atoms with Gasteiger partial charge in [0, 0.05) is 37.5 Å². The molecule has 0 heterocycles. The van der Waals surface area contributed by atoms with Gasteiger partial charge >= 0.3 is 0 Å². The molecule has 210 valence electrons. The minimum absolute atomic E-state index is 0.731. The van der Waals surface area contributed by atoms with Crippen molar-refractivity contribution < 1.29 is 0 Å². The first-order valence-electron chi connectivity index (χ1n) is 16.4. The van der Waals surface area contributed by atoms with Crippen LogP contribution >= 0.6 is 0 Å². The second-order valence-corrected chi connectivity index (χ2v) is 14.0. The summed E-state index contributed by atoms with van der Waals surface area (Å²) in [5.74, 6) is 5.56. The standard InChI is InChI=1S/C32H62N4/c1-5-26-11-17-32(25(4)19-26)36-22-34-30-14-9-28(10-15-30)20-27-7-12-29(13-8-27)33-21-35-31-16-6-23(2)18-24(31)3/h23-36H,5-22H2,1-4H3. The molecule has 4 N–H and O–H groups in total. The predicted octanol–water partition coefficient (Wildman–Crippen LogP) is 6.81. The molecule has 4 heteroatoms. The summed E-state index contributed by atoms with van der Waals surface area (Å²) in [6, 6.07) is 2.96. The number of nitrogens with one attached hydrogen (secondary N) is 4. The van der Waals surface area contributed by atoms with E-state index in [1.54, 1.807) is 0 Å². The Morgan fingerprint density at radius 3 is 1.44 bits per heavy atom. The van der Waals surface area contributed by atoms with Crippen molar-refractivity contribution >= 4 is 0 Å². The minimum Gasteiger partial charge on any atom is -0.302 e. The maximum atomic E-state index is 3.87. The lowest BCUT2D eigenvalue weighted by atomic mass is 9.75. The topological polar surface area (TPSA) is 48.1 Å². The van der Waals surface area contributed by atoms with E-state index in [1.807, 2.05) is 0 Å². The molecule has 6 unspecified atom stereocenters. The molecular weight excluding hydrogens is 440 g/mol. The first-order chi connectivity index (χ1) is 17.5. The fourth-order valence-corrected chi connectivity index (χ4v) is 8.50.